The number of carbonyl (C=O) groups is 2. The second-order valence-corrected chi connectivity index (χ2v) is 8.50. The summed E-state index contributed by atoms with van der Waals surface area (Å²) in [6.45, 7) is 1.79. The first kappa shape index (κ1) is 27.5. The highest BCUT2D eigenvalue weighted by molar-refractivity contribution is 6.33. The lowest BCUT2D eigenvalue weighted by molar-refractivity contribution is -0.141. The van der Waals surface area contributed by atoms with E-state index in [-0.39, 0.29) is 40.1 Å². The predicted octanol–water partition coefficient (Wildman–Crippen LogP) is 5.90. The number of carboxylic acid groups (broad SMARTS) is 1. The highest BCUT2D eigenvalue weighted by Crippen LogP contribution is 2.37. The van der Waals surface area contributed by atoms with E-state index in [0.29, 0.717) is 23.1 Å². The zero-order valence-electron chi connectivity index (χ0n) is 20.0. The SMILES string of the molecule is COc1cccc(C)c1N(C)C(=O)c1cc(-c2cnc(C(F)(F)F)cc2C#N)c(Cl)cc1CCC(=O)O. The lowest BCUT2D eigenvalue weighted by Gasteiger charge is -2.24. The number of para-hydroxylation sites is 1. The van der Waals surface area contributed by atoms with Crippen molar-refractivity contribution in [1.82, 2.24) is 4.98 Å². The summed E-state index contributed by atoms with van der Waals surface area (Å²) in [7, 11) is 2.97. The largest absolute Gasteiger partial charge is 0.495 e. The first-order chi connectivity index (χ1) is 17.4. The van der Waals surface area contributed by atoms with Crippen molar-refractivity contribution in [2.45, 2.75) is 25.9 Å². The van der Waals surface area contributed by atoms with Crippen LogP contribution in [0.3, 0.4) is 0 Å². The van der Waals surface area contributed by atoms with Crippen LogP contribution in [0.1, 0.15) is 39.2 Å². The number of anilines is 1. The van der Waals surface area contributed by atoms with E-state index in [1.807, 2.05) is 0 Å². The zero-order valence-corrected chi connectivity index (χ0v) is 20.7. The molecular formula is C26H21ClF3N3O4. The number of methoxy groups -OCH3 is 1. The summed E-state index contributed by atoms with van der Waals surface area (Å²) in [5, 5.41) is 18.7. The van der Waals surface area contributed by atoms with E-state index in [0.717, 1.165) is 11.8 Å². The van der Waals surface area contributed by atoms with Crippen molar-refractivity contribution in [2.24, 2.45) is 0 Å². The number of benzene rings is 2. The second-order valence-electron chi connectivity index (χ2n) is 8.10. The maximum atomic E-state index is 13.7. The van der Waals surface area contributed by atoms with Gasteiger partial charge in [-0.1, -0.05) is 23.7 Å². The summed E-state index contributed by atoms with van der Waals surface area (Å²) in [6, 6.07) is 10.3. The summed E-state index contributed by atoms with van der Waals surface area (Å²) < 4.78 is 44.8. The smallest absolute Gasteiger partial charge is 0.433 e. The number of ether oxygens (including phenoxy) is 1. The number of aryl methyl sites for hydroxylation is 2. The molecule has 1 aromatic heterocycles. The molecule has 0 bridgehead atoms. The summed E-state index contributed by atoms with van der Waals surface area (Å²) in [5.41, 5.74) is 0.109. The highest BCUT2D eigenvalue weighted by atomic mass is 35.5. The molecule has 0 unspecified atom stereocenters. The third-order valence-corrected chi connectivity index (χ3v) is 6.01. The molecule has 0 spiro atoms. The van der Waals surface area contributed by atoms with Crippen LogP contribution in [0.25, 0.3) is 11.1 Å². The minimum absolute atomic E-state index is 0.00420. The van der Waals surface area contributed by atoms with Crippen molar-refractivity contribution in [1.29, 1.82) is 5.26 Å². The van der Waals surface area contributed by atoms with Crippen molar-refractivity contribution in [3.63, 3.8) is 0 Å². The fraction of sp³-hybridized carbons (Fsp3) is 0.231. The lowest BCUT2D eigenvalue weighted by atomic mass is 9.94. The van der Waals surface area contributed by atoms with Gasteiger partial charge in [-0.3, -0.25) is 14.6 Å². The number of aliphatic carboxylic acids is 1. The van der Waals surface area contributed by atoms with Gasteiger partial charge in [0.1, 0.15) is 11.4 Å². The van der Waals surface area contributed by atoms with Crippen molar-refractivity contribution >= 4 is 29.2 Å². The van der Waals surface area contributed by atoms with Gasteiger partial charge in [0.25, 0.3) is 5.91 Å². The number of hydrogen-bond donors (Lipinski definition) is 1. The lowest BCUT2D eigenvalue weighted by Crippen LogP contribution is -2.28. The summed E-state index contributed by atoms with van der Waals surface area (Å²) in [4.78, 5) is 29.7. The van der Waals surface area contributed by atoms with E-state index in [2.05, 4.69) is 4.98 Å². The van der Waals surface area contributed by atoms with Crippen LogP contribution in [-0.4, -0.2) is 36.1 Å². The standard InChI is InChI=1S/C26H21ClF3N3O4/c1-14-5-4-6-21(37-3)24(14)33(2)25(36)17-11-18(20(27)9-15(17)7-8-23(34)35)19-13-32-22(26(28,29)30)10-16(19)12-31/h4-6,9-11,13H,7-8H2,1-3H3,(H,34,35). The molecule has 2 aromatic carbocycles. The number of nitriles is 1. The summed E-state index contributed by atoms with van der Waals surface area (Å²) in [5.74, 6) is -1.20. The molecule has 11 heteroatoms. The molecule has 0 atom stereocenters. The molecule has 37 heavy (non-hydrogen) atoms. The van der Waals surface area contributed by atoms with Gasteiger partial charge in [-0.15, -0.1) is 0 Å². The zero-order chi connectivity index (χ0) is 27.5. The molecule has 1 heterocycles. The minimum atomic E-state index is -4.76. The fourth-order valence-electron chi connectivity index (χ4n) is 3.89. The van der Waals surface area contributed by atoms with Gasteiger partial charge in [-0.2, -0.15) is 18.4 Å². The molecule has 3 aromatic rings. The quantitative estimate of drug-likeness (QED) is 0.407. The van der Waals surface area contributed by atoms with Gasteiger partial charge in [-0.05, 0) is 48.7 Å². The normalized spacial score (nSPS) is 11.1. The molecule has 7 nitrogen and oxygen atoms in total. The Labute approximate surface area is 215 Å². The van der Waals surface area contributed by atoms with E-state index in [1.54, 1.807) is 31.2 Å². The first-order valence-electron chi connectivity index (χ1n) is 10.8. The van der Waals surface area contributed by atoms with Crippen molar-refractivity contribution in [3.05, 3.63) is 75.6 Å². The maximum absolute atomic E-state index is 13.7. The molecule has 3 rings (SSSR count). The van der Waals surface area contributed by atoms with E-state index in [1.165, 1.54) is 31.2 Å². The molecule has 0 aliphatic heterocycles. The van der Waals surface area contributed by atoms with Crippen LogP contribution in [0.4, 0.5) is 18.9 Å². The van der Waals surface area contributed by atoms with Crippen molar-refractivity contribution < 1.29 is 32.6 Å². The van der Waals surface area contributed by atoms with Crippen LogP contribution >= 0.6 is 11.6 Å². The number of rotatable bonds is 7. The Morgan fingerprint density at radius 3 is 2.51 bits per heavy atom. The number of halogens is 4. The van der Waals surface area contributed by atoms with Crippen LogP contribution in [0.5, 0.6) is 5.75 Å². The Balaban J connectivity index is 2.21. The van der Waals surface area contributed by atoms with Crippen LogP contribution in [0.15, 0.2) is 42.6 Å². The van der Waals surface area contributed by atoms with Gasteiger partial charge >= 0.3 is 12.1 Å². The Hall–Kier alpha value is -4.10. The summed E-state index contributed by atoms with van der Waals surface area (Å²) >= 11 is 6.43. The number of amides is 1. The third-order valence-electron chi connectivity index (χ3n) is 5.70. The van der Waals surface area contributed by atoms with Crippen LogP contribution in [0.2, 0.25) is 5.02 Å². The second kappa shape index (κ2) is 10.9. The molecule has 0 aliphatic carbocycles. The molecule has 0 fully saturated rings. The van der Waals surface area contributed by atoms with Gasteiger partial charge in [0.05, 0.1) is 24.4 Å². The predicted molar refractivity (Wildman–Crippen MR) is 131 cm³/mol. The van der Waals surface area contributed by atoms with Crippen LogP contribution in [0, 0.1) is 18.3 Å². The topological polar surface area (TPSA) is 104 Å². The molecule has 1 amide bonds. The van der Waals surface area contributed by atoms with Gasteiger partial charge in [0, 0.05) is 41.4 Å². The van der Waals surface area contributed by atoms with Gasteiger partial charge < -0.3 is 14.7 Å². The Bertz CT molecular complexity index is 1420. The number of alkyl halides is 3. The number of carboxylic acids is 1. The molecule has 0 saturated carbocycles. The first-order valence-corrected chi connectivity index (χ1v) is 11.2. The van der Waals surface area contributed by atoms with E-state index in [9.17, 15) is 33.1 Å². The Morgan fingerprint density at radius 2 is 1.92 bits per heavy atom. The monoisotopic (exact) mass is 531 g/mol. The molecule has 0 saturated heterocycles. The number of pyridine rings is 1. The van der Waals surface area contributed by atoms with Crippen LogP contribution in [-0.2, 0) is 17.4 Å². The van der Waals surface area contributed by atoms with E-state index in [4.69, 9.17) is 16.3 Å². The van der Waals surface area contributed by atoms with Gasteiger partial charge in [0.2, 0.25) is 0 Å². The van der Waals surface area contributed by atoms with E-state index < -0.39 is 23.7 Å². The van der Waals surface area contributed by atoms with Gasteiger partial charge in [-0.25, -0.2) is 0 Å². The summed E-state index contributed by atoms with van der Waals surface area (Å²) in [6.07, 6.45) is -4.21. The molecule has 0 radical (unpaired) electrons. The van der Waals surface area contributed by atoms with Crippen molar-refractivity contribution in [2.75, 3.05) is 19.1 Å². The molecule has 1 N–H and O–H groups in total. The Kier molecular flexibility index (Phi) is 8.09. The average Bonchev–Trinajstić information content (AvgIpc) is 2.85. The highest BCUT2D eigenvalue weighted by Gasteiger charge is 2.33. The number of aromatic nitrogens is 1. The third kappa shape index (κ3) is 5.84. The van der Waals surface area contributed by atoms with E-state index >= 15 is 0 Å². The number of nitrogens with zero attached hydrogens (tertiary/aromatic N) is 3. The minimum Gasteiger partial charge on any atom is -0.495 e. The fourth-order valence-corrected chi connectivity index (χ4v) is 4.18. The van der Waals surface area contributed by atoms with Crippen LogP contribution < -0.4 is 9.64 Å². The average molecular weight is 532 g/mol. The molecule has 0 aliphatic rings. The Morgan fingerprint density at radius 1 is 1.22 bits per heavy atom. The van der Waals surface area contributed by atoms with Crippen molar-refractivity contribution in [3.8, 4) is 22.9 Å². The van der Waals surface area contributed by atoms with Gasteiger partial charge in [0.15, 0.2) is 0 Å². The molecule has 192 valence electrons. The number of hydrogen-bond acceptors (Lipinski definition) is 5. The maximum Gasteiger partial charge on any atom is 0.433 e. The number of carbonyl (C=O) groups excluding carboxylic acids is 1. The molecular weight excluding hydrogens is 511 g/mol.